The molecule has 0 saturated carbocycles. The largest absolute Gasteiger partial charge is 0.466 e. The number of hydrogen-bond donors (Lipinski definition) is 3. The van der Waals surface area contributed by atoms with Crippen molar-refractivity contribution in [2.45, 2.75) is 71.8 Å². The summed E-state index contributed by atoms with van der Waals surface area (Å²) in [6, 6.07) is 5.94. The van der Waals surface area contributed by atoms with Gasteiger partial charge in [0.1, 0.15) is 0 Å². The van der Waals surface area contributed by atoms with Gasteiger partial charge >= 0.3 is 5.97 Å². The van der Waals surface area contributed by atoms with Gasteiger partial charge < -0.3 is 10.1 Å². The highest BCUT2D eigenvalue weighted by Crippen LogP contribution is 2.33. The fraction of sp³-hybridized carbons (Fsp3) is 0.636. The lowest BCUT2D eigenvalue weighted by Gasteiger charge is -2.28. The molecule has 0 spiro atoms. The highest BCUT2D eigenvalue weighted by atomic mass is 16.5. The van der Waals surface area contributed by atoms with Crippen LogP contribution in [0.3, 0.4) is 0 Å². The second kappa shape index (κ2) is 10.0. The van der Waals surface area contributed by atoms with Crippen molar-refractivity contribution in [1.29, 1.82) is 0 Å². The zero-order valence-corrected chi connectivity index (χ0v) is 18.7. The second-order valence-corrected chi connectivity index (χ2v) is 9.08. The molecule has 1 aromatic carbocycles. The highest BCUT2D eigenvalue weighted by molar-refractivity contribution is 5.79. The molecule has 6 nitrogen and oxygen atoms in total. The standard InChI is InChI=1S/C22H37N3O3/c1-9-28-20(27)13-18(25-19(26)14-24-23-8)15-10-16(21(2,3)4)12-17(11-15)22(5,6)7/h10-12,18,23-24H,9,13-14H2,1-8H3,(H,25,26)/t18-/m0/s1. The zero-order valence-electron chi connectivity index (χ0n) is 18.7. The summed E-state index contributed by atoms with van der Waals surface area (Å²) in [5, 5.41) is 2.97. The van der Waals surface area contributed by atoms with Gasteiger partial charge in [0, 0.05) is 0 Å². The molecular weight excluding hydrogens is 354 g/mol. The Balaban J connectivity index is 3.35. The lowest BCUT2D eigenvalue weighted by Crippen LogP contribution is -2.41. The molecule has 1 atom stereocenters. The predicted molar refractivity (Wildman–Crippen MR) is 113 cm³/mol. The third-order valence-corrected chi connectivity index (χ3v) is 4.53. The molecule has 0 unspecified atom stereocenters. The average molecular weight is 392 g/mol. The van der Waals surface area contributed by atoms with Crippen LogP contribution in [-0.2, 0) is 25.2 Å². The molecule has 0 aliphatic rings. The summed E-state index contributed by atoms with van der Waals surface area (Å²) >= 11 is 0. The van der Waals surface area contributed by atoms with Crippen molar-refractivity contribution in [3.63, 3.8) is 0 Å². The number of hydrazine groups is 1. The molecule has 158 valence electrons. The van der Waals surface area contributed by atoms with Crippen LogP contribution in [0.4, 0.5) is 0 Å². The Morgan fingerprint density at radius 2 is 1.54 bits per heavy atom. The Labute approximate surface area is 169 Å². The molecule has 28 heavy (non-hydrogen) atoms. The van der Waals surface area contributed by atoms with Crippen LogP contribution in [0.25, 0.3) is 0 Å². The average Bonchev–Trinajstić information content (AvgIpc) is 2.57. The van der Waals surface area contributed by atoms with Crippen LogP contribution in [0.2, 0.25) is 0 Å². The number of amides is 1. The van der Waals surface area contributed by atoms with Gasteiger partial charge in [-0.15, -0.1) is 0 Å². The molecule has 0 heterocycles. The molecule has 1 amide bonds. The molecule has 6 heteroatoms. The molecule has 1 aromatic rings. The summed E-state index contributed by atoms with van der Waals surface area (Å²) in [4.78, 5) is 24.5. The topological polar surface area (TPSA) is 79.5 Å². The van der Waals surface area contributed by atoms with E-state index in [4.69, 9.17) is 4.74 Å². The van der Waals surface area contributed by atoms with Crippen LogP contribution in [0, 0.1) is 0 Å². The van der Waals surface area contributed by atoms with Crippen LogP contribution in [0.5, 0.6) is 0 Å². The summed E-state index contributed by atoms with van der Waals surface area (Å²) in [6.45, 7) is 15.2. The van der Waals surface area contributed by atoms with Gasteiger partial charge in [-0.3, -0.25) is 15.0 Å². The van der Waals surface area contributed by atoms with Crippen molar-refractivity contribution in [3.8, 4) is 0 Å². The van der Waals surface area contributed by atoms with Gasteiger partial charge in [-0.25, -0.2) is 5.43 Å². The normalized spacial score (nSPS) is 13.1. The van der Waals surface area contributed by atoms with E-state index in [1.54, 1.807) is 14.0 Å². The fourth-order valence-corrected chi connectivity index (χ4v) is 2.77. The smallest absolute Gasteiger partial charge is 0.308 e. The van der Waals surface area contributed by atoms with Crippen molar-refractivity contribution in [2.24, 2.45) is 0 Å². The van der Waals surface area contributed by atoms with Gasteiger partial charge in [0.05, 0.1) is 25.6 Å². The van der Waals surface area contributed by atoms with Gasteiger partial charge in [0.15, 0.2) is 0 Å². The van der Waals surface area contributed by atoms with Crippen molar-refractivity contribution >= 4 is 11.9 Å². The van der Waals surface area contributed by atoms with Crippen molar-refractivity contribution in [3.05, 3.63) is 34.9 Å². The van der Waals surface area contributed by atoms with Crippen LogP contribution in [0.15, 0.2) is 18.2 Å². The Morgan fingerprint density at radius 1 is 1.00 bits per heavy atom. The second-order valence-electron chi connectivity index (χ2n) is 9.08. The zero-order chi connectivity index (χ0) is 21.5. The van der Waals surface area contributed by atoms with Crippen LogP contribution in [-0.4, -0.2) is 32.1 Å². The van der Waals surface area contributed by atoms with E-state index in [2.05, 4.69) is 75.9 Å². The quantitative estimate of drug-likeness (QED) is 0.469. The van der Waals surface area contributed by atoms with E-state index in [0.29, 0.717) is 6.61 Å². The summed E-state index contributed by atoms with van der Waals surface area (Å²) in [6.07, 6.45) is 0.0936. The Bertz CT molecular complexity index is 640. The SMILES string of the molecule is CCOC(=O)C[C@H](NC(=O)CNNC)c1cc(C(C)(C)C)cc(C(C)(C)C)c1. The van der Waals surface area contributed by atoms with Gasteiger partial charge in [-0.1, -0.05) is 59.7 Å². The minimum atomic E-state index is -0.450. The number of rotatable bonds is 8. The van der Waals surface area contributed by atoms with Gasteiger partial charge in [-0.2, -0.15) is 0 Å². The first-order valence-electron chi connectivity index (χ1n) is 9.89. The van der Waals surface area contributed by atoms with Crippen LogP contribution < -0.4 is 16.2 Å². The number of ether oxygens (including phenoxy) is 1. The number of benzene rings is 1. The molecule has 1 rings (SSSR count). The maximum Gasteiger partial charge on any atom is 0.308 e. The number of esters is 1. The Hall–Kier alpha value is -1.92. The highest BCUT2D eigenvalue weighted by Gasteiger charge is 2.25. The lowest BCUT2D eigenvalue weighted by atomic mass is 9.78. The monoisotopic (exact) mass is 391 g/mol. The van der Waals surface area contributed by atoms with E-state index in [-0.39, 0.29) is 35.7 Å². The summed E-state index contributed by atoms with van der Waals surface area (Å²) in [5.41, 5.74) is 8.66. The molecule has 0 fully saturated rings. The third-order valence-electron chi connectivity index (χ3n) is 4.53. The van der Waals surface area contributed by atoms with E-state index in [1.807, 2.05) is 0 Å². The Kier molecular flexibility index (Phi) is 8.64. The molecule has 0 saturated heterocycles. The first-order chi connectivity index (χ1) is 12.9. The fourth-order valence-electron chi connectivity index (χ4n) is 2.77. The maximum absolute atomic E-state index is 12.3. The molecule has 0 bridgehead atoms. The first-order valence-corrected chi connectivity index (χ1v) is 9.89. The van der Waals surface area contributed by atoms with Crippen LogP contribution in [0.1, 0.15) is 77.6 Å². The lowest BCUT2D eigenvalue weighted by molar-refractivity contribution is -0.143. The first kappa shape index (κ1) is 24.1. The van der Waals surface area contributed by atoms with Crippen LogP contribution >= 0.6 is 0 Å². The minimum absolute atomic E-state index is 0.0534. The van der Waals surface area contributed by atoms with E-state index >= 15 is 0 Å². The van der Waals surface area contributed by atoms with E-state index < -0.39 is 6.04 Å². The molecule has 0 aliphatic heterocycles. The maximum atomic E-state index is 12.3. The number of carbonyl (C=O) groups is 2. The van der Waals surface area contributed by atoms with Crippen molar-refractivity contribution in [1.82, 2.24) is 16.2 Å². The molecule has 3 N–H and O–H groups in total. The van der Waals surface area contributed by atoms with Gasteiger partial charge in [-0.05, 0) is 41.5 Å². The molecule has 0 radical (unpaired) electrons. The summed E-state index contributed by atoms with van der Waals surface area (Å²) < 4.78 is 5.13. The van der Waals surface area contributed by atoms with E-state index in [9.17, 15) is 9.59 Å². The van der Waals surface area contributed by atoms with Crippen molar-refractivity contribution < 1.29 is 14.3 Å². The summed E-state index contributed by atoms with van der Waals surface area (Å²) in [7, 11) is 1.70. The number of nitrogens with one attached hydrogen (secondary N) is 3. The number of carbonyl (C=O) groups excluding carboxylic acids is 2. The van der Waals surface area contributed by atoms with Crippen molar-refractivity contribution in [2.75, 3.05) is 20.2 Å². The van der Waals surface area contributed by atoms with Gasteiger partial charge in [0.2, 0.25) is 5.91 Å². The van der Waals surface area contributed by atoms with Gasteiger partial charge in [0.25, 0.3) is 0 Å². The third kappa shape index (κ3) is 7.60. The van der Waals surface area contributed by atoms with E-state index in [0.717, 1.165) is 5.56 Å². The Morgan fingerprint density at radius 3 is 1.96 bits per heavy atom. The molecule has 0 aromatic heterocycles. The number of hydrogen-bond acceptors (Lipinski definition) is 5. The van der Waals surface area contributed by atoms with E-state index in [1.165, 1.54) is 11.1 Å². The predicted octanol–water partition coefficient (Wildman–Crippen LogP) is 3.12. The minimum Gasteiger partial charge on any atom is -0.466 e. The molecule has 0 aliphatic carbocycles. The summed E-state index contributed by atoms with van der Waals surface area (Å²) in [5.74, 6) is -0.519. The molecular formula is C22H37N3O3.